The third-order valence-electron chi connectivity index (χ3n) is 5.79. The van der Waals surface area contributed by atoms with E-state index in [0.29, 0.717) is 0 Å². The number of carbonyl (C=O) groups is 5. The number of benzene rings is 2. The molecule has 37 heavy (non-hydrogen) atoms. The van der Waals surface area contributed by atoms with Crippen molar-refractivity contribution in [2.45, 2.75) is 50.1 Å². The van der Waals surface area contributed by atoms with Crippen LogP contribution in [0.1, 0.15) is 41.5 Å². The van der Waals surface area contributed by atoms with E-state index in [0.717, 1.165) is 9.36 Å². The van der Waals surface area contributed by atoms with Crippen molar-refractivity contribution in [3.8, 4) is 0 Å². The summed E-state index contributed by atoms with van der Waals surface area (Å²) in [5.41, 5.74) is 0.428. The minimum atomic E-state index is -1.27. The van der Waals surface area contributed by atoms with Crippen LogP contribution < -0.4 is 4.46 Å². The van der Waals surface area contributed by atoms with Crippen molar-refractivity contribution in [2.24, 2.45) is 0 Å². The topological polar surface area (TPSA) is 126 Å². The molecule has 2 aliphatic heterocycles. The number of nitrogens with zero attached hydrogens (tertiary/aromatic N) is 1. The first-order valence-electron chi connectivity index (χ1n) is 11.5. The van der Waals surface area contributed by atoms with E-state index in [1.54, 1.807) is 24.3 Å². The number of imide groups is 1. The van der Waals surface area contributed by atoms with Crippen molar-refractivity contribution in [2.75, 3.05) is 6.61 Å². The van der Waals surface area contributed by atoms with E-state index in [9.17, 15) is 24.0 Å². The van der Waals surface area contributed by atoms with Gasteiger partial charge in [-0.2, -0.15) is 0 Å². The molecule has 0 N–H and O–H groups in total. The Morgan fingerprint density at radius 2 is 1.35 bits per heavy atom. The quantitative estimate of drug-likeness (QED) is 0.205. The predicted molar refractivity (Wildman–Crippen MR) is 129 cm³/mol. The van der Waals surface area contributed by atoms with Gasteiger partial charge in [0, 0.05) is 0 Å². The van der Waals surface area contributed by atoms with Crippen LogP contribution in [0.2, 0.25) is 0 Å². The molecule has 2 aromatic rings. The fourth-order valence-electron chi connectivity index (χ4n) is 4.37. The van der Waals surface area contributed by atoms with Gasteiger partial charge in [0.15, 0.2) is 0 Å². The van der Waals surface area contributed by atoms with Gasteiger partial charge in [0.1, 0.15) is 0 Å². The van der Waals surface area contributed by atoms with E-state index < -0.39 is 74.0 Å². The zero-order chi connectivity index (χ0) is 26.7. The fraction of sp³-hybridized carbons (Fsp3) is 0.346. The summed E-state index contributed by atoms with van der Waals surface area (Å²) >= 11 is -0.505. The summed E-state index contributed by atoms with van der Waals surface area (Å²) in [5.74, 6) is -3.13. The van der Waals surface area contributed by atoms with Gasteiger partial charge in [-0.25, -0.2) is 0 Å². The fourth-order valence-corrected chi connectivity index (χ4v) is 6.88. The standard InChI is InChI=1S/C26H25NO9Se/c1-14(28)33-13-20-22(34-15(2)29)23(35-16(3)30)21(26(36-20)37-17-9-5-4-6-10-17)27-24(31)18-11-7-8-12-19(18)25(27)32/h4-12,20-23,26H,13H2,1-3H3/t20?,21?,22-,23?,26+/m1/s1. The van der Waals surface area contributed by atoms with Crippen LogP contribution in [0.3, 0.4) is 0 Å². The number of fused-ring (bicyclic) bond motifs is 1. The van der Waals surface area contributed by atoms with Gasteiger partial charge in [-0.1, -0.05) is 0 Å². The van der Waals surface area contributed by atoms with E-state index >= 15 is 0 Å². The third kappa shape index (κ3) is 5.74. The summed E-state index contributed by atoms with van der Waals surface area (Å²) in [6, 6.07) is 14.6. The summed E-state index contributed by atoms with van der Waals surface area (Å²) in [6.45, 7) is 3.28. The molecule has 2 amide bonds. The molecule has 2 heterocycles. The van der Waals surface area contributed by atoms with Gasteiger partial charge >= 0.3 is 219 Å². The average Bonchev–Trinajstić information content (AvgIpc) is 3.10. The maximum atomic E-state index is 13.5. The Balaban J connectivity index is 1.81. The SMILES string of the molecule is CC(=O)OCC1O[C@@H]([Se]c2ccccc2)C(N2C(=O)c3ccccc3C2=O)C(OC(C)=O)[C@@H]1OC(C)=O. The molecule has 2 aliphatic rings. The Morgan fingerprint density at radius 1 is 0.811 bits per heavy atom. The Hall–Kier alpha value is -3.53. The van der Waals surface area contributed by atoms with Crippen molar-refractivity contribution in [3.63, 3.8) is 0 Å². The average molecular weight is 574 g/mol. The van der Waals surface area contributed by atoms with E-state index in [1.165, 1.54) is 20.8 Å². The van der Waals surface area contributed by atoms with E-state index in [1.807, 2.05) is 30.3 Å². The van der Waals surface area contributed by atoms with Crippen molar-refractivity contribution in [1.29, 1.82) is 0 Å². The number of rotatable bonds is 7. The number of amides is 2. The van der Waals surface area contributed by atoms with E-state index in [-0.39, 0.29) is 17.7 Å². The van der Waals surface area contributed by atoms with Crippen molar-refractivity contribution >= 4 is 49.1 Å². The molecule has 11 heteroatoms. The predicted octanol–water partition coefficient (Wildman–Crippen LogP) is 0.832. The molecule has 0 bridgehead atoms. The molecule has 5 atom stereocenters. The Bertz CT molecular complexity index is 1180. The zero-order valence-electron chi connectivity index (χ0n) is 20.3. The number of esters is 3. The number of carbonyl (C=O) groups excluding carboxylic acids is 5. The van der Waals surface area contributed by atoms with Crippen molar-refractivity contribution < 1.29 is 42.9 Å². The maximum absolute atomic E-state index is 13.5. The Kier molecular flexibility index (Phi) is 8.06. The molecule has 194 valence electrons. The number of hydrogen-bond acceptors (Lipinski definition) is 9. The second-order valence-corrected chi connectivity index (χ2v) is 10.9. The van der Waals surface area contributed by atoms with Crippen LogP contribution in [0.5, 0.6) is 0 Å². The number of hydrogen-bond donors (Lipinski definition) is 0. The van der Waals surface area contributed by atoms with Gasteiger partial charge < -0.3 is 0 Å². The van der Waals surface area contributed by atoms with Crippen LogP contribution in [-0.4, -0.2) is 85.5 Å². The molecule has 10 nitrogen and oxygen atoms in total. The van der Waals surface area contributed by atoms with Crippen molar-refractivity contribution in [3.05, 3.63) is 65.7 Å². The molecular formula is C26H25NO9Se. The number of ether oxygens (including phenoxy) is 4. The molecule has 3 unspecified atom stereocenters. The summed E-state index contributed by atoms with van der Waals surface area (Å²) in [6.07, 6.45) is -3.54. The van der Waals surface area contributed by atoms with Gasteiger partial charge in [0.25, 0.3) is 0 Å². The van der Waals surface area contributed by atoms with Crippen LogP contribution in [-0.2, 0) is 33.3 Å². The Labute approximate surface area is 219 Å². The normalized spacial score (nSPS) is 24.8. The molecule has 0 aliphatic carbocycles. The molecule has 0 radical (unpaired) electrons. The first-order valence-corrected chi connectivity index (χ1v) is 13.3. The summed E-state index contributed by atoms with van der Waals surface area (Å²) < 4.78 is 23.5. The first-order chi connectivity index (χ1) is 17.7. The summed E-state index contributed by atoms with van der Waals surface area (Å²) in [7, 11) is 0. The van der Waals surface area contributed by atoms with Crippen LogP contribution in [0.15, 0.2) is 54.6 Å². The molecule has 1 saturated heterocycles. The summed E-state index contributed by atoms with van der Waals surface area (Å²) in [5, 5.41) is -0.825. The van der Waals surface area contributed by atoms with Gasteiger partial charge in [0.2, 0.25) is 0 Å². The monoisotopic (exact) mass is 575 g/mol. The van der Waals surface area contributed by atoms with Crippen LogP contribution in [0.25, 0.3) is 0 Å². The molecule has 4 rings (SSSR count). The van der Waals surface area contributed by atoms with Gasteiger partial charge in [0.05, 0.1) is 0 Å². The van der Waals surface area contributed by atoms with Crippen LogP contribution >= 0.6 is 0 Å². The molecular weight excluding hydrogens is 549 g/mol. The third-order valence-corrected chi connectivity index (χ3v) is 8.24. The summed E-state index contributed by atoms with van der Waals surface area (Å²) in [4.78, 5) is 63.9. The molecule has 0 saturated carbocycles. The molecule has 0 aromatic heterocycles. The molecule has 1 fully saturated rings. The van der Waals surface area contributed by atoms with E-state index in [4.69, 9.17) is 18.9 Å². The Morgan fingerprint density at radius 3 is 1.89 bits per heavy atom. The first kappa shape index (κ1) is 26.5. The van der Waals surface area contributed by atoms with Crippen LogP contribution in [0, 0.1) is 0 Å². The van der Waals surface area contributed by atoms with Gasteiger partial charge in [-0.05, 0) is 0 Å². The van der Waals surface area contributed by atoms with E-state index in [2.05, 4.69) is 0 Å². The zero-order valence-corrected chi connectivity index (χ0v) is 22.0. The second-order valence-electron chi connectivity index (χ2n) is 8.44. The van der Waals surface area contributed by atoms with Crippen LogP contribution in [0.4, 0.5) is 0 Å². The van der Waals surface area contributed by atoms with Gasteiger partial charge in [-0.3, -0.25) is 0 Å². The van der Waals surface area contributed by atoms with Gasteiger partial charge in [-0.15, -0.1) is 0 Å². The second kappa shape index (κ2) is 11.2. The molecule has 0 spiro atoms. The van der Waals surface area contributed by atoms with Crippen molar-refractivity contribution in [1.82, 2.24) is 4.90 Å². The molecule has 2 aromatic carbocycles. The minimum absolute atomic E-state index is 0.214.